The van der Waals surface area contributed by atoms with Gasteiger partial charge in [0, 0.05) is 20.0 Å². The number of nitrogens with zero attached hydrogens (tertiary/aromatic N) is 3. The lowest BCUT2D eigenvalue weighted by Gasteiger charge is -2.26. The molecule has 0 bridgehead atoms. The quantitative estimate of drug-likeness (QED) is 0.880. The van der Waals surface area contributed by atoms with Gasteiger partial charge in [0.2, 0.25) is 11.8 Å². The Hall–Kier alpha value is -1.85. The lowest BCUT2D eigenvalue weighted by molar-refractivity contribution is -0.135. The Labute approximate surface area is 119 Å². The molecule has 1 unspecified atom stereocenters. The molecule has 0 aliphatic carbocycles. The Bertz CT molecular complexity index is 521. The van der Waals surface area contributed by atoms with E-state index < -0.39 is 6.04 Å². The van der Waals surface area contributed by atoms with Gasteiger partial charge in [-0.1, -0.05) is 13.8 Å². The zero-order valence-electron chi connectivity index (χ0n) is 12.5. The van der Waals surface area contributed by atoms with E-state index in [1.807, 2.05) is 33.9 Å². The van der Waals surface area contributed by atoms with Crippen molar-refractivity contribution in [1.29, 1.82) is 0 Å². The van der Waals surface area contributed by atoms with Gasteiger partial charge < -0.3 is 10.2 Å². The predicted molar refractivity (Wildman–Crippen MR) is 74.7 cm³/mol. The topological polar surface area (TPSA) is 67.2 Å². The Morgan fingerprint density at radius 2 is 2.15 bits per heavy atom. The second-order valence-electron chi connectivity index (χ2n) is 5.70. The second kappa shape index (κ2) is 5.64. The fourth-order valence-electron chi connectivity index (χ4n) is 2.47. The third-order valence-electron chi connectivity index (χ3n) is 3.62. The Kier molecular flexibility index (Phi) is 4.11. The third kappa shape index (κ3) is 3.00. The average Bonchev–Trinajstić information content (AvgIpc) is 2.60. The summed E-state index contributed by atoms with van der Waals surface area (Å²) in [5.74, 6) is 0.0192. The molecule has 2 rings (SSSR count). The molecule has 1 fully saturated rings. The first-order chi connectivity index (χ1) is 9.38. The summed E-state index contributed by atoms with van der Waals surface area (Å²) in [4.78, 5) is 26.0. The van der Waals surface area contributed by atoms with Gasteiger partial charge in [0.15, 0.2) is 0 Å². The molecule has 0 saturated carbocycles. The molecule has 2 heterocycles. The van der Waals surface area contributed by atoms with Crippen molar-refractivity contribution >= 4 is 11.8 Å². The first kappa shape index (κ1) is 14.6. The van der Waals surface area contributed by atoms with Crippen LogP contribution in [0, 0.1) is 12.8 Å². The van der Waals surface area contributed by atoms with Crippen LogP contribution in [-0.2, 0) is 23.2 Å². The summed E-state index contributed by atoms with van der Waals surface area (Å²) in [6.45, 7) is 6.77. The highest BCUT2D eigenvalue weighted by Gasteiger charge is 2.32. The maximum atomic E-state index is 12.5. The summed E-state index contributed by atoms with van der Waals surface area (Å²) in [6.07, 6.45) is 0.353. The number of nitrogens with one attached hydrogen (secondary N) is 1. The largest absolute Gasteiger partial charge is 0.344 e. The van der Waals surface area contributed by atoms with Gasteiger partial charge in [-0.15, -0.1) is 0 Å². The first-order valence-corrected chi connectivity index (χ1v) is 6.96. The van der Waals surface area contributed by atoms with Crippen LogP contribution < -0.4 is 5.32 Å². The van der Waals surface area contributed by atoms with Gasteiger partial charge >= 0.3 is 0 Å². The monoisotopic (exact) mass is 278 g/mol. The minimum Gasteiger partial charge on any atom is -0.344 e. The van der Waals surface area contributed by atoms with Crippen molar-refractivity contribution in [2.75, 3.05) is 6.54 Å². The lowest BCUT2D eigenvalue weighted by atomic mass is 10.0. The van der Waals surface area contributed by atoms with Gasteiger partial charge in [-0.25, -0.2) is 0 Å². The summed E-state index contributed by atoms with van der Waals surface area (Å²) in [6, 6.07) is 1.54. The molecule has 1 aliphatic heterocycles. The minimum atomic E-state index is -0.431. The molecule has 2 amide bonds. The fraction of sp³-hybridized carbons (Fsp3) is 0.643. The molecule has 110 valence electrons. The summed E-state index contributed by atoms with van der Waals surface area (Å²) >= 11 is 0. The molecule has 20 heavy (non-hydrogen) atoms. The molecular formula is C14H22N4O2. The highest BCUT2D eigenvalue weighted by Crippen LogP contribution is 2.14. The van der Waals surface area contributed by atoms with Gasteiger partial charge in [0.1, 0.15) is 6.04 Å². The van der Waals surface area contributed by atoms with Crippen molar-refractivity contribution in [3.8, 4) is 0 Å². The predicted octanol–water partition coefficient (Wildman–Crippen LogP) is 0.602. The van der Waals surface area contributed by atoms with E-state index in [9.17, 15) is 9.59 Å². The summed E-state index contributed by atoms with van der Waals surface area (Å²) in [5.41, 5.74) is 1.91. The smallest absolute Gasteiger partial charge is 0.245 e. The van der Waals surface area contributed by atoms with Gasteiger partial charge in [0.25, 0.3) is 0 Å². The van der Waals surface area contributed by atoms with Crippen molar-refractivity contribution in [3.05, 3.63) is 17.5 Å². The average molecular weight is 278 g/mol. The van der Waals surface area contributed by atoms with Crippen LogP contribution in [0.15, 0.2) is 6.07 Å². The number of hydrogen-bond acceptors (Lipinski definition) is 3. The molecular weight excluding hydrogens is 256 g/mol. The van der Waals surface area contributed by atoms with E-state index in [1.54, 1.807) is 9.58 Å². The van der Waals surface area contributed by atoms with Crippen LogP contribution in [0.1, 0.15) is 31.7 Å². The van der Waals surface area contributed by atoms with E-state index in [1.165, 1.54) is 0 Å². The van der Waals surface area contributed by atoms with Crippen LogP contribution in [-0.4, -0.2) is 39.1 Å². The van der Waals surface area contributed by atoms with Gasteiger partial charge in [0.05, 0.1) is 17.9 Å². The molecule has 0 spiro atoms. The van der Waals surface area contributed by atoms with E-state index >= 15 is 0 Å². The molecule has 1 saturated heterocycles. The van der Waals surface area contributed by atoms with Crippen molar-refractivity contribution in [2.45, 2.75) is 39.8 Å². The van der Waals surface area contributed by atoms with Crippen LogP contribution in [0.25, 0.3) is 0 Å². The third-order valence-corrected chi connectivity index (χ3v) is 3.62. The molecule has 6 nitrogen and oxygen atoms in total. The summed E-state index contributed by atoms with van der Waals surface area (Å²) in [7, 11) is 1.87. The van der Waals surface area contributed by atoms with Crippen LogP contribution in [0.5, 0.6) is 0 Å². The van der Waals surface area contributed by atoms with Crippen LogP contribution >= 0.6 is 0 Å². The van der Waals surface area contributed by atoms with Crippen LogP contribution in [0.3, 0.4) is 0 Å². The summed E-state index contributed by atoms with van der Waals surface area (Å²) in [5, 5.41) is 7.10. The minimum absolute atomic E-state index is 0.00953. The molecule has 0 aromatic carbocycles. The maximum absolute atomic E-state index is 12.5. The van der Waals surface area contributed by atoms with E-state index in [4.69, 9.17) is 0 Å². The Balaban J connectivity index is 2.19. The first-order valence-electron chi connectivity index (χ1n) is 6.96. The van der Waals surface area contributed by atoms with E-state index in [0.717, 1.165) is 11.4 Å². The molecule has 1 aliphatic rings. The molecule has 1 atom stereocenters. The van der Waals surface area contributed by atoms with Crippen LogP contribution in [0.2, 0.25) is 0 Å². The number of amides is 2. The van der Waals surface area contributed by atoms with Gasteiger partial charge in [-0.3, -0.25) is 14.3 Å². The SMILES string of the molecule is Cc1cc(CN2CCC(=O)NC(C(C)C)C2=O)n(C)n1. The molecule has 1 aromatic heterocycles. The highest BCUT2D eigenvalue weighted by atomic mass is 16.2. The molecule has 1 aromatic rings. The van der Waals surface area contributed by atoms with E-state index in [0.29, 0.717) is 19.5 Å². The zero-order valence-corrected chi connectivity index (χ0v) is 12.5. The standard InChI is InChI=1S/C14H22N4O2/c1-9(2)13-14(20)18(6-5-12(19)15-13)8-11-7-10(3)16-17(11)4/h7,9,13H,5-6,8H2,1-4H3,(H,15,19). The number of aryl methyl sites for hydroxylation is 2. The van der Waals surface area contributed by atoms with Gasteiger partial charge in [-0.2, -0.15) is 5.10 Å². The van der Waals surface area contributed by atoms with E-state index in [-0.39, 0.29) is 17.7 Å². The highest BCUT2D eigenvalue weighted by molar-refractivity contribution is 5.90. The second-order valence-corrected chi connectivity index (χ2v) is 5.70. The fourth-order valence-corrected chi connectivity index (χ4v) is 2.47. The molecule has 1 N–H and O–H groups in total. The van der Waals surface area contributed by atoms with Crippen molar-refractivity contribution in [1.82, 2.24) is 20.0 Å². The normalized spacial score (nSPS) is 20.2. The molecule has 0 radical (unpaired) electrons. The number of carbonyl (C=O) groups is 2. The lowest BCUT2D eigenvalue weighted by Crippen LogP contribution is -2.47. The van der Waals surface area contributed by atoms with E-state index in [2.05, 4.69) is 10.4 Å². The number of carbonyl (C=O) groups excluding carboxylic acids is 2. The molecule has 6 heteroatoms. The van der Waals surface area contributed by atoms with Crippen molar-refractivity contribution in [3.63, 3.8) is 0 Å². The summed E-state index contributed by atoms with van der Waals surface area (Å²) < 4.78 is 1.78. The number of aromatic nitrogens is 2. The van der Waals surface area contributed by atoms with Gasteiger partial charge in [-0.05, 0) is 18.9 Å². The maximum Gasteiger partial charge on any atom is 0.245 e. The Morgan fingerprint density at radius 3 is 2.70 bits per heavy atom. The Morgan fingerprint density at radius 1 is 1.45 bits per heavy atom. The van der Waals surface area contributed by atoms with Crippen molar-refractivity contribution < 1.29 is 9.59 Å². The van der Waals surface area contributed by atoms with Crippen LogP contribution in [0.4, 0.5) is 0 Å². The number of hydrogen-bond donors (Lipinski definition) is 1. The zero-order chi connectivity index (χ0) is 14.9. The number of rotatable bonds is 3. The van der Waals surface area contributed by atoms with Crippen molar-refractivity contribution in [2.24, 2.45) is 13.0 Å².